The van der Waals surface area contributed by atoms with Crippen LogP contribution in [0.3, 0.4) is 0 Å². The summed E-state index contributed by atoms with van der Waals surface area (Å²) in [5.74, 6) is -0.560. The first kappa shape index (κ1) is 14.8. The zero-order chi connectivity index (χ0) is 16.2. The van der Waals surface area contributed by atoms with Crippen LogP contribution in [0.25, 0.3) is 11.3 Å². The fraction of sp³-hybridized carbons (Fsp3) is 0.0625. The lowest BCUT2D eigenvalue weighted by molar-refractivity contribution is 0.586. The van der Waals surface area contributed by atoms with Crippen LogP contribution in [0.4, 0.5) is 26.2 Å². The van der Waals surface area contributed by atoms with Gasteiger partial charge in [0, 0.05) is 37.1 Å². The number of halogens is 2. The van der Waals surface area contributed by atoms with Gasteiger partial charge in [0.05, 0.1) is 11.4 Å². The Morgan fingerprint density at radius 2 is 1.74 bits per heavy atom. The molecule has 116 valence electrons. The van der Waals surface area contributed by atoms with Gasteiger partial charge >= 0.3 is 0 Å². The molecule has 0 aliphatic carbocycles. The van der Waals surface area contributed by atoms with E-state index in [0.29, 0.717) is 17.5 Å². The molecule has 23 heavy (non-hydrogen) atoms. The number of pyridine rings is 1. The maximum atomic E-state index is 13.8. The molecule has 0 unspecified atom stereocenters. The fourth-order valence-electron chi connectivity index (χ4n) is 2.02. The monoisotopic (exact) mass is 313 g/mol. The van der Waals surface area contributed by atoms with E-state index >= 15 is 0 Å². The summed E-state index contributed by atoms with van der Waals surface area (Å²) in [6, 6.07) is 8.60. The summed E-state index contributed by atoms with van der Waals surface area (Å²) in [4.78, 5) is 12.5. The van der Waals surface area contributed by atoms with E-state index in [1.165, 1.54) is 12.1 Å². The molecule has 5 nitrogen and oxygen atoms in total. The molecule has 7 heteroatoms. The van der Waals surface area contributed by atoms with Gasteiger partial charge in [-0.25, -0.2) is 13.8 Å². The minimum absolute atomic E-state index is 0.132. The van der Waals surface area contributed by atoms with Crippen molar-refractivity contribution in [1.29, 1.82) is 0 Å². The summed E-state index contributed by atoms with van der Waals surface area (Å²) < 4.78 is 26.8. The summed E-state index contributed by atoms with van der Waals surface area (Å²) in [6.07, 6.45) is 3.31. The Morgan fingerprint density at radius 3 is 2.43 bits per heavy atom. The summed E-state index contributed by atoms with van der Waals surface area (Å²) in [5.41, 5.74) is 1.63. The lowest BCUT2D eigenvalue weighted by Crippen LogP contribution is -2.03. The highest BCUT2D eigenvalue weighted by molar-refractivity contribution is 5.67. The molecule has 3 aromatic rings. The average Bonchev–Trinajstić information content (AvgIpc) is 2.58. The zero-order valence-corrected chi connectivity index (χ0v) is 12.2. The van der Waals surface area contributed by atoms with E-state index in [1.807, 2.05) is 12.1 Å². The van der Waals surface area contributed by atoms with Gasteiger partial charge in [0.1, 0.15) is 17.5 Å². The fourth-order valence-corrected chi connectivity index (χ4v) is 2.02. The van der Waals surface area contributed by atoms with Gasteiger partial charge in [-0.15, -0.1) is 0 Å². The number of anilines is 3. The molecular weight excluding hydrogens is 300 g/mol. The Kier molecular flexibility index (Phi) is 4.09. The highest BCUT2D eigenvalue weighted by Gasteiger charge is 2.09. The van der Waals surface area contributed by atoms with Crippen LogP contribution in [-0.2, 0) is 0 Å². The minimum atomic E-state index is -0.694. The van der Waals surface area contributed by atoms with Crippen molar-refractivity contribution in [3.05, 3.63) is 60.4 Å². The second kappa shape index (κ2) is 6.35. The van der Waals surface area contributed by atoms with E-state index in [4.69, 9.17) is 0 Å². The van der Waals surface area contributed by atoms with E-state index in [9.17, 15) is 8.78 Å². The predicted molar refractivity (Wildman–Crippen MR) is 84.5 cm³/mol. The van der Waals surface area contributed by atoms with Crippen molar-refractivity contribution in [2.24, 2.45) is 0 Å². The van der Waals surface area contributed by atoms with E-state index in [0.717, 1.165) is 11.6 Å². The van der Waals surface area contributed by atoms with Gasteiger partial charge in [0.15, 0.2) is 0 Å². The number of aromatic nitrogens is 3. The third-order valence-electron chi connectivity index (χ3n) is 3.12. The molecule has 0 saturated carbocycles. The Morgan fingerprint density at radius 1 is 0.957 bits per heavy atom. The number of benzene rings is 1. The third kappa shape index (κ3) is 3.39. The molecule has 0 bridgehead atoms. The molecule has 2 heterocycles. The molecule has 0 atom stereocenters. The van der Waals surface area contributed by atoms with Crippen molar-refractivity contribution >= 4 is 17.5 Å². The van der Waals surface area contributed by atoms with Crippen molar-refractivity contribution in [2.45, 2.75) is 0 Å². The van der Waals surface area contributed by atoms with Crippen LogP contribution in [0.2, 0.25) is 0 Å². The van der Waals surface area contributed by atoms with Crippen LogP contribution in [0.15, 0.2) is 48.8 Å². The molecule has 2 N–H and O–H groups in total. The van der Waals surface area contributed by atoms with Gasteiger partial charge in [-0.05, 0) is 24.3 Å². The predicted octanol–water partition coefficient (Wildman–Crippen LogP) is 3.60. The van der Waals surface area contributed by atoms with E-state index in [-0.39, 0.29) is 5.69 Å². The highest BCUT2D eigenvalue weighted by atomic mass is 19.1. The molecule has 0 aliphatic rings. The Hall–Kier alpha value is -3.09. The molecular formula is C16H13F2N5. The van der Waals surface area contributed by atoms with Crippen LogP contribution in [0.5, 0.6) is 0 Å². The summed E-state index contributed by atoms with van der Waals surface area (Å²) >= 11 is 0. The molecule has 1 aromatic carbocycles. The average molecular weight is 313 g/mol. The van der Waals surface area contributed by atoms with E-state index in [2.05, 4.69) is 25.6 Å². The topological polar surface area (TPSA) is 62.7 Å². The second-order valence-electron chi connectivity index (χ2n) is 4.70. The van der Waals surface area contributed by atoms with Gasteiger partial charge < -0.3 is 10.6 Å². The maximum absolute atomic E-state index is 13.8. The molecule has 0 fully saturated rings. The number of hydrogen-bond donors (Lipinski definition) is 2. The molecule has 3 rings (SSSR count). The highest BCUT2D eigenvalue weighted by Crippen LogP contribution is 2.24. The first-order chi connectivity index (χ1) is 11.2. The number of nitrogens with zero attached hydrogens (tertiary/aromatic N) is 3. The first-order valence-corrected chi connectivity index (χ1v) is 6.85. The Bertz CT molecular complexity index is 824. The maximum Gasteiger partial charge on any atom is 0.224 e. The van der Waals surface area contributed by atoms with Crippen LogP contribution in [-0.4, -0.2) is 22.0 Å². The molecule has 0 radical (unpaired) electrons. The van der Waals surface area contributed by atoms with Crippen LogP contribution in [0.1, 0.15) is 0 Å². The normalized spacial score (nSPS) is 10.4. The zero-order valence-electron chi connectivity index (χ0n) is 12.2. The molecule has 2 aromatic heterocycles. The number of hydrogen-bond acceptors (Lipinski definition) is 5. The van der Waals surface area contributed by atoms with Crippen molar-refractivity contribution in [3.8, 4) is 11.3 Å². The Balaban J connectivity index is 1.99. The van der Waals surface area contributed by atoms with Crippen LogP contribution >= 0.6 is 0 Å². The molecule has 0 aliphatic heterocycles. The van der Waals surface area contributed by atoms with Gasteiger partial charge in [0.2, 0.25) is 5.95 Å². The van der Waals surface area contributed by atoms with Crippen LogP contribution in [0, 0.1) is 11.6 Å². The quantitative estimate of drug-likeness (QED) is 0.770. The van der Waals surface area contributed by atoms with E-state index in [1.54, 1.807) is 25.5 Å². The first-order valence-electron chi connectivity index (χ1n) is 6.85. The van der Waals surface area contributed by atoms with Gasteiger partial charge in [-0.3, -0.25) is 4.98 Å². The molecule has 0 saturated heterocycles. The summed E-state index contributed by atoms with van der Waals surface area (Å²) in [7, 11) is 1.69. The number of rotatable bonds is 4. The smallest absolute Gasteiger partial charge is 0.224 e. The van der Waals surface area contributed by atoms with Crippen molar-refractivity contribution in [1.82, 2.24) is 15.0 Å². The molecule has 0 amide bonds. The van der Waals surface area contributed by atoms with Crippen LogP contribution < -0.4 is 10.6 Å². The lowest BCUT2D eigenvalue weighted by atomic mass is 10.2. The minimum Gasteiger partial charge on any atom is -0.357 e. The van der Waals surface area contributed by atoms with E-state index < -0.39 is 11.6 Å². The van der Waals surface area contributed by atoms with Gasteiger partial charge in [-0.2, -0.15) is 4.98 Å². The second-order valence-corrected chi connectivity index (χ2v) is 4.70. The number of nitrogens with one attached hydrogen (secondary N) is 2. The SMILES string of the molecule is CNc1nc(Nc2ccc(F)cc2F)cc(-c2ccncc2)n1. The van der Waals surface area contributed by atoms with Gasteiger partial charge in [-0.1, -0.05) is 0 Å². The Labute approximate surface area is 131 Å². The third-order valence-corrected chi connectivity index (χ3v) is 3.12. The van der Waals surface area contributed by atoms with Crippen molar-refractivity contribution < 1.29 is 8.78 Å². The van der Waals surface area contributed by atoms with Crippen molar-refractivity contribution in [3.63, 3.8) is 0 Å². The lowest BCUT2D eigenvalue weighted by Gasteiger charge is -2.10. The summed E-state index contributed by atoms with van der Waals surface area (Å²) in [5, 5.41) is 5.69. The largest absolute Gasteiger partial charge is 0.357 e. The van der Waals surface area contributed by atoms with Crippen molar-refractivity contribution in [2.75, 3.05) is 17.7 Å². The van der Waals surface area contributed by atoms with Gasteiger partial charge in [0.25, 0.3) is 0 Å². The molecule has 0 spiro atoms. The standard InChI is InChI=1S/C16H13F2N5/c1-19-16-22-14(10-4-6-20-7-5-10)9-15(23-16)21-13-3-2-11(17)8-12(13)18/h2-9H,1H3,(H2,19,21,22,23). The summed E-state index contributed by atoms with van der Waals surface area (Å²) in [6.45, 7) is 0.